The lowest BCUT2D eigenvalue weighted by molar-refractivity contribution is -0.386. The second kappa shape index (κ2) is 5.43. The topological polar surface area (TPSA) is 107 Å². The summed E-state index contributed by atoms with van der Waals surface area (Å²) in [5.74, 6) is 5.26. The van der Waals surface area contributed by atoms with Crippen LogP contribution in [0.2, 0.25) is 0 Å². The van der Waals surface area contributed by atoms with Crippen molar-refractivity contribution in [3.8, 4) is 0 Å². The number of aromatic nitrogens is 2. The summed E-state index contributed by atoms with van der Waals surface area (Å²) in [6, 6.07) is 4.86. The van der Waals surface area contributed by atoms with Crippen LogP contribution in [-0.4, -0.2) is 14.9 Å². The van der Waals surface area contributed by atoms with Gasteiger partial charge in [-0.25, -0.2) is 4.98 Å². The van der Waals surface area contributed by atoms with Crippen LogP contribution in [0.1, 0.15) is 0 Å². The van der Waals surface area contributed by atoms with Crippen molar-refractivity contribution >= 4 is 23.1 Å². The summed E-state index contributed by atoms with van der Waals surface area (Å²) >= 11 is 1.16. The minimum atomic E-state index is -0.478. The van der Waals surface area contributed by atoms with Crippen molar-refractivity contribution < 1.29 is 4.92 Å². The Bertz CT molecular complexity index is 563. The zero-order chi connectivity index (χ0) is 13.0. The third-order valence-electron chi connectivity index (χ3n) is 2.09. The zero-order valence-corrected chi connectivity index (χ0v) is 9.92. The first-order chi connectivity index (χ1) is 8.72. The molecule has 0 aliphatic carbocycles. The highest BCUT2D eigenvalue weighted by molar-refractivity contribution is 7.99. The number of anilines is 1. The fraction of sp³-hybridized carbons (Fsp3) is 0. The van der Waals surface area contributed by atoms with Crippen molar-refractivity contribution in [2.24, 2.45) is 5.84 Å². The van der Waals surface area contributed by atoms with Crippen molar-refractivity contribution in [3.05, 3.63) is 46.9 Å². The van der Waals surface area contributed by atoms with E-state index in [4.69, 9.17) is 5.84 Å². The van der Waals surface area contributed by atoms with Crippen LogP contribution >= 0.6 is 11.8 Å². The van der Waals surface area contributed by atoms with Crippen LogP contribution < -0.4 is 11.3 Å². The van der Waals surface area contributed by atoms with E-state index in [1.165, 1.54) is 18.6 Å². The number of hydrogen-bond donors (Lipinski definition) is 2. The van der Waals surface area contributed by atoms with Gasteiger partial charge in [0, 0.05) is 12.4 Å². The molecule has 7 nitrogen and oxygen atoms in total. The van der Waals surface area contributed by atoms with Gasteiger partial charge < -0.3 is 5.43 Å². The van der Waals surface area contributed by atoms with Crippen LogP contribution in [0.4, 0.5) is 11.4 Å². The Morgan fingerprint density at radius 1 is 1.39 bits per heavy atom. The maximum atomic E-state index is 11.1. The number of benzene rings is 1. The van der Waals surface area contributed by atoms with Crippen LogP contribution in [0.25, 0.3) is 0 Å². The fourth-order valence-corrected chi connectivity index (χ4v) is 2.24. The lowest BCUT2D eigenvalue weighted by atomic mass is 10.3. The Hall–Kier alpha value is -2.19. The lowest BCUT2D eigenvalue weighted by Crippen LogP contribution is -2.09. The van der Waals surface area contributed by atoms with Crippen LogP contribution in [0, 0.1) is 10.1 Å². The SMILES string of the molecule is NNc1cccc(Sc2cnccn2)c1[N+](=O)[O-]. The number of nitrogens with two attached hydrogens (primary N) is 1. The average molecular weight is 263 g/mol. The Labute approximate surface area is 107 Å². The molecule has 0 fully saturated rings. The monoisotopic (exact) mass is 263 g/mol. The number of hydrazine groups is 1. The Kier molecular flexibility index (Phi) is 3.70. The Balaban J connectivity index is 2.42. The van der Waals surface area contributed by atoms with Gasteiger partial charge in [-0.1, -0.05) is 17.8 Å². The van der Waals surface area contributed by atoms with E-state index in [0.29, 0.717) is 9.92 Å². The molecule has 0 saturated carbocycles. The molecular formula is C10H9N5O2S. The van der Waals surface area contributed by atoms with Gasteiger partial charge in [0.15, 0.2) is 0 Å². The summed E-state index contributed by atoms with van der Waals surface area (Å²) in [5, 5.41) is 11.6. The minimum Gasteiger partial charge on any atom is -0.318 e. The molecule has 0 spiro atoms. The largest absolute Gasteiger partial charge is 0.318 e. The van der Waals surface area contributed by atoms with E-state index in [1.54, 1.807) is 18.2 Å². The van der Waals surface area contributed by atoms with E-state index in [0.717, 1.165) is 11.8 Å². The summed E-state index contributed by atoms with van der Waals surface area (Å²) in [4.78, 5) is 19.0. The molecule has 1 heterocycles. The first-order valence-electron chi connectivity index (χ1n) is 4.90. The fourth-order valence-electron chi connectivity index (χ4n) is 1.36. The van der Waals surface area contributed by atoms with Crippen molar-refractivity contribution in [1.29, 1.82) is 0 Å². The molecule has 0 radical (unpaired) electrons. The average Bonchev–Trinajstić information content (AvgIpc) is 2.39. The maximum absolute atomic E-state index is 11.1. The molecule has 0 saturated heterocycles. The van der Waals surface area contributed by atoms with Gasteiger partial charge in [0.05, 0.1) is 16.0 Å². The molecule has 92 valence electrons. The molecule has 0 atom stereocenters. The number of nitro benzene ring substituents is 1. The minimum absolute atomic E-state index is 0.0735. The molecule has 18 heavy (non-hydrogen) atoms. The van der Waals surface area contributed by atoms with E-state index in [-0.39, 0.29) is 11.4 Å². The third kappa shape index (κ3) is 2.55. The smallest absolute Gasteiger partial charge is 0.307 e. The van der Waals surface area contributed by atoms with E-state index in [1.807, 2.05) is 0 Å². The van der Waals surface area contributed by atoms with Gasteiger partial charge >= 0.3 is 5.69 Å². The predicted octanol–water partition coefficient (Wildman–Crippen LogP) is 1.82. The number of hydrogen-bond acceptors (Lipinski definition) is 7. The summed E-state index contributed by atoms with van der Waals surface area (Å²) in [5.41, 5.74) is 2.50. The highest BCUT2D eigenvalue weighted by Gasteiger charge is 2.20. The van der Waals surface area contributed by atoms with Crippen molar-refractivity contribution in [2.45, 2.75) is 9.92 Å². The van der Waals surface area contributed by atoms with E-state index in [2.05, 4.69) is 15.4 Å². The van der Waals surface area contributed by atoms with Gasteiger partial charge in [-0.2, -0.15) is 0 Å². The molecular weight excluding hydrogens is 254 g/mol. The van der Waals surface area contributed by atoms with E-state index >= 15 is 0 Å². The van der Waals surface area contributed by atoms with Gasteiger partial charge in [0.1, 0.15) is 10.7 Å². The van der Waals surface area contributed by atoms with Crippen LogP contribution in [-0.2, 0) is 0 Å². The number of nitrogens with one attached hydrogen (secondary N) is 1. The number of nitro groups is 1. The third-order valence-corrected chi connectivity index (χ3v) is 3.06. The number of para-hydroxylation sites is 1. The molecule has 3 N–H and O–H groups in total. The molecule has 0 aliphatic rings. The van der Waals surface area contributed by atoms with Crippen LogP contribution in [0.3, 0.4) is 0 Å². The molecule has 1 aromatic heterocycles. The molecule has 2 aromatic rings. The summed E-state index contributed by atoms with van der Waals surface area (Å²) < 4.78 is 0. The highest BCUT2D eigenvalue weighted by atomic mass is 32.2. The quantitative estimate of drug-likeness (QED) is 0.492. The lowest BCUT2D eigenvalue weighted by Gasteiger charge is -2.06. The standard InChI is InChI=1S/C10H9N5O2S/c11-14-7-2-1-3-8(10(7)15(16)17)18-9-6-12-4-5-13-9/h1-6,14H,11H2. The van der Waals surface area contributed by atoms with E-state index < -0.39 is 4.92 Å². The molecule has 0 aliphatic heterocycles. The van der Waals surface area contributed by atoms with E-state index in [9.17, 15) is 10.1 Å². The predicted molar refractivity (Wildman–Crippen MR) is 67.1 cm³/mol. The second-order valence-corrected chi connectivity index (χ2v) is 4.26. The van der Waals surface area contributed by atoms with Gasteiger partial charge in [-0.15, -0.1) is 0 Å². The van der Waals surface area contributed by atoms with Crippen molar-refractivity contribution in [1.82, 2.24) is 9.97 Å². The maximum Gasteiger partial charge on any atom is 0.307 e. The zero-order valence-electron chi connectivity index (χ0n) is 9.11. The molecule has 0 unspecified atom stereocenters. The number of nitrogens with zero attached hydrogens (tertiary/aromatic N) is 3. The Morgan fingerprint density at radius 2 is 2.22 bits per heavy atom. The summed E-state index contributed by atoms with van der Waals surface area (Å²) in [6.07, 6.45) is 4.60. The van der Waals surface area contributed by atoms with Crippen LogP contribution in [0.15, 0.2) is 46.7 Å². The second-order valence-electron chi connectivity index (χ2n) is 3.20. The van der Waals surface area contributed by atoms with Crippen molar-refractivity contribution in [2.75, 3.05) is 5.43 Å². The summed E-state index contributed by atoms with van der Waals surface area (Å²) in [7, 11) is 0. The molecule has 0 bridgehead atoms. The van der Waals surface area contributed by atoms with Crippen molar-refractivity contribution in [3.63, 3.8) is 0 Å². The first-order valence-corrected chi connectivity index (χ1v) is 5.72. The van der Waals surface area contributed by atoms with Gasteiger partial charge in [-0.3, -0.25) is 20.9 Å². The number of nitrogen functional groups attached to an aromatic ring is 1. The first kappa shape index (κ1) is 12.3. The molecule has 2 rings (SSSR count). The number of rotatable bonds is 4. The van der Waals surface area contributed by atoms with Gasteiger partial charge in [0.25, 0.3) is 0 Å². The Morgan fingerprint density at radius 3 is 2.83 bits per heavy atom. The van der Waals surface area contributed by atoms with Crippen LogP contribution in [0.5, 0.6) is 0 Å². The van der Waals surface area contributed by atoms with Gasteiger partial charge in [-0.05, 0) is 12.1 Å². The molecule has 1 aromatic carbocycles. The highest BCUT2D eigenvalue weighted by Crippen LogP contribution is 2.37. The molecule has 8 heteroatoms. The normalized spacial score (nSPS) is 10.1. The molecule has 0 amide bonds. The summed E-state index contributed by atoms with van der Waals surface area (Å²) in [6.45, 7) is 0. The van der Waals surface area contributed by atoms with Gasteiger partial charge in [0.2, 0.25) is 0 Å².